The molecule has 6 heteroatoms. The van der Waals surface area contributed by atoms with E-state index in [2.05, 4.69) is 17.5 Å². The predicted molar refractivity (Wildman–Crippen MR) is 85.2 cm³/mol. The van der Waals surface area contributed by atoms with Gasteiger partial charge in [-0.2, -0.15) is 5.10 Å². The maximum absolute atomic E-state index is 11.7. The summed E-state index contributed by atoms with van der Waals surface area (Å²) in [7, 11) is 0. The first kappa shape index (κ1) is 16.1. The lowest BCUT2D eigenvalue weighted by atomic mass is 9.89. The van der Waals surface area contributed by atoms with E-state index >= 15 is 0 Å². The number of benzene rings is 1. The third-order valence-corrected chi connectivity index (χ3v) is 3.87. The van der Waals surface area contributed by atoms with Gasteiger partial charge in [0.25, 0.3) is 5.91 Å². The van der Waals surface area contributed by atoms with E-state index in [1.807, 2.05) is 0 Å². The molecule has 1 N–H and O–H groups in total. The van der Waals surface area contributed by atoms with Crippen molar-refractivity contribution in [3.05, 3.63) is 28.2 Å². The number of hydrogen-bond donors (Lipinski definition) is 1. The average Bonchev–Trinajstić information content (AvgIpc) is 2.44. The Balaban J connectivity index is 1.80. The molecule has 1 aromatic rings. The molecular weight excluding hydrogens is 311 g/mol. The lowest BCUT2D eigenvalue weighted by Gasteiger charge is -2.18. The molecule has 0 aromatic heterocycles. The number of hydrazone groups is 1. The Morgan fingerprint density at radius 2 is 2.29 bits per heavy atom. The topological polar surface area (TPSA) is 50.7 Å². The molecule has 21 heavy (non-hydrogen) atoms. The molecule has 1 fully saturated rings. The predicted octanol–water partition coefficient (Wildman–Crippen LogP) is 4.05. The van der Waals surface area contributed by atoms with Gasteiger partial charge < -0.3 is 4.74 Å². The second-order valence-corrected chi connectivity index (χ2v) is 6.12. The van der Waals surface area contributed by atoms with Gasteiger partial charge in [0.2, 0.25) is 0 Å². The zero-order valence-corrected chi connectivity index (χ0v) is 13.4. The molecule has 0 spiro atoms. The van der Waals surface area contributed by atoms with Gasteiger partial charge in [-0.1, -0.05) is 30.1 Å². The van der Waals surface area contributed by atoms with Crippen molar-refractivity contribution in [2.24, 2.45) is 11.0 Å². The molecule has 1 aliphatic carbocycles. The standard InChI is InChI=1S/C15H18Cl2N2O2/c1-10-3-2-4-12(7-10)18-19-15(20)9-21-14-6-5-11(16)8-13(14)17/h5-6,8,10H,2-4,7,9H2,1H3,(H,19,20)/b18-12-/t10-/m0/s1. The second kappa shape index (κ2) is 7.66. The third kappa shape index (κ3) is 5.21. The molecule has 1 aliphatic rings. The first-order valence-corrected chi connectivity index (χ1v) is 7.72. The van der Waals surface area contributed by atoms with Gasteiger partial charge in [0.05, 0.1) is 5.02 Å². The van der Waals surface area contributed by atoms with Crippen LogP contribution in [-0.2, 0) is 4.79 Å². The van der Waals surface area contributed by atoms with E-state index in [0.717, 1.165) is 25.0 Å². The summed E-state index contributed by atoms with van der Waals surface area (Å²) in [6, 6.07) is 4.86. The van der Waals surface area contributed by atoms with Gasteiger partial charge in [-0.3, -0.25) is 4.79 Å². The number of nitrogens with zero attached hydrogens (tertiary/aromatic N) is 1. The Morgan fingerprint density at radius 1 is 1.48 bits per heavy atom. The fraction of sp³-hybridized carbons (Fsp3) is 0.467. The Kier molecular flexibility index (Phi) is 5.88. The van der Waals surface area contributed by atoms with Gasteiger partial charge in [0.1, 0.15) is 5.75 Å². The fourth-order valence-electron chi connectivity index (χ4n) is 2.27. The molecule has 1 aromatic carbocycles. The number of nitrogens with one attached hydrogen (secondary N) is 1. The minimum absolute atomic E-state index is 0.131. The van der Waals surface area contributed by atoms with Crippen molar-refractivity contribution in [2.45, 2.75) is 32.6 Å². The van der Waals surface area contributed by atoms with Crippen molar-refractivity contribution in [1.82, 2.24) is 5.43 Å². The number of hydrogen-bond acceptors (Lipinski definition) is 3. The van der Waals surface area contributed by atoms with E-state index in [1.165, 1.54) is 6.42 Å². The fourth-order valence-corrected chi connectivity index (χ4v) is 2.73. The highest BCUT2D eigenvalue weighted by molar-refractivity contribution is 6.35. The normalized spacial score (nSPS) is 20.3. The lowest BCUT2D eigenvalue weighted by molar-refractivity contribution is -0.123. The monoisotopic (exact) mass is 328 g/mol. The second-order valence-electron chi connectivity index (χ2n) is 5.28. The summed E-state index contributed by atoms with van der Waals surface area (Å²) in [5.41, 5.74) is 3.58. The Bertz CT molecular complexity index is 546. The van der Waals surface area contributed by atoms with Crippen LogP contribution in [0.1, 0.15) is 32.6 Å². The number of amides is 1. The summed E-state index contributed by atoms with van der Waals surface area (Å²) in [4.78, 5) is 11.7. The first-order chi connectivity index (χ1) is 10.0. The molecule has 1 amide bonds. The molecule has 0 saturated heterocycles. The van der Waals surface area contributed by atoms with Gasteiger partial charge >= 0.3 is 0 Å². The van der Waals surface area contributed by atoms with Gasteiger partial charge in [-0.15, -0.1) is 0 Å². The van der Waals surface area contributed by atoms with Crippen molar-refractivity contribution in [3.63, 3.8) is 0 Å². The number of carbonyl (C=O) groups excluding carboxylic acids is 1. The molecule has 0 unspecified atom stereocenters. The summed E-state index contributed by atoms with van der Waals surface area (Å²) >= 11 is 11.7. The summed E-state index contributed by atoms with van der Waals surface area (Å²) in [6.07, 6.45) is 4.26. The van der Waals surface area contributed by atoms with E-state index in [0.29, 0.717) is 21.7 Å². The van der Waals surface area contributed by atoms with Crippen LogP contribution in [0.4, 0.5) is 0 Å². The van der Waals surface area contributed by atoms with Crippen molar-refractivity contribution < 1.29 is 9.53 Å². The highest BCUT2D eigenvalue weighted by Crippen LogP contribution is 2.27. The number of carbonyl (C=O) groups is 1. The quantitative estimate of drug-likeness (QED) is 0.847. The number of rotatable bonds is 4. The van der Waals surface area contributed by atoms with E-state index in [1.54, 1.807) is 18.2 Å². The highest BCUT2D eigenvalue weighted by Gasteiger charge is 2.14. The van der Waals surface area contributed by atoms with E-state index in [-0.39, 0.29) is 12.5 Å². The number of ether oxygens (including phenoxy) is 1. The SMILES string of the molecule is C[C@H]1CCC/C(=N/NC(=O)COc2ccc(Cl)cc2Cl)C1. The summed E-state index contributed by atoms with van der Waals surface area (Å²) in [5.74, 6) is 0.764. The van der Waals surface area contributed by atoms with Gasteiger partial charge in [-0.25, -0.2) is 5.43 Å². The average molecular weight is 329 g/mol. The molecule has 0 heterocycles. The van der Waals surface area contributed by atoms with Crippen LogP contribution in [-0.4, -0.2) is 18.2 Å². The van der Waals surface area contributed by atoms with Crippen LogP contribution in [0.15, 0.2) is 23.3 Å². The van der Waals surface area contributed by atoms with Crippen molar-refractivity contribution in [1.29, 1.82) is 0 Å². The van der Waals surface area contributed by atoms with Crippen LogP contribution in [0.2, 0.25) is 10.0 Å². The summed E-state index contributed by atoms with van der Waals surface area (Å²) < 4.78 is 5.34. The van der Waals surface area contributed by atoms with E-state index < -0.39 is 0 Å². The molecule has 0 radical (unpaired) electrons. The maximum Gasteiger partial charge on any atom is 0.277 e. The smallest absolute Gasteiger partial charge is 0.277 e. The molecule has 0 aliphatic heterocycles. The Labute approximate surface area is 134 Å². The minimum Gasteiger partial charge on any atom is -0.482 e. The highest BCUT2D eigenvalue weighted by atomic mass is 35.5. The van der Waals surface area contributed by atoms with Crippen LogP contribution in [0.5, 0.6) is 5.75 Å². The van der Waals surface area contributed by atoms with E-state index in [4.69, 9.17) is 27.9 Å². The summed E-state index contributed by atoms with van der Waals surface area (Å²) in [5, 5.41) is 5.07. The van der Waals surface area contributed by atoms with Gasteiger partial charge in [0.15, 0.2) is 6.61 Å². The molecular formula is C15H18Cl2N2O2. The van der Waals surface area contributed by atoms with Crippen molar-refractivity contribution >= 4 is 34.8 Å². The van der Waals surface area contributed by atoms with Crippen LogP contribution < -0.4 is 10.2 Å². The van der Waals surface area contributed by atoms with Crippen LogP contribution in [0, 0.1) is 5.92 Å². The zero-order valence-electron chi connectivity index (χ0n) is 11.9. The van der Waals surface area contributed by atoms with Gasteiger partial charge in [0, 0.05) is 10.7 Å². The van der Waals surface area contributed by atoms with E-state index in [9.17, 15) is 4.79 Å². The lowest BCUT2D eigenvalue weighted by Crippen LogP contribution is -2.27. The minimum atomic E-state index is -0.299. The third-order valence-electron chi connectivity index (χ3n) is 3.34. The van der Waals surface area contributed by atoms with Crippen LogP contribution >= 0.6 is 23.2 Å². The molecule has 0 bridgehead atoms. The van der Waals surface area contributed by atoms with Crippen molar-refractivity contribution in [2.75, 3.05) is 6.61 Å². The number of halogens is 2. The van der Waals surface area contributed by atoms with Gasteiger partial charge in [-0.05, 0) is 49.8 Å². The maximum atomic E-state index is 11.7. The zero-order chi connectivity index (χ0) is 15.2. The first-order valence-electron chi connectivity index (χ1n) is 6.96. The molecule has 4 nitrogen and oxygen atoms in total. The molecule has 2 rings (SSSR count). The molecule has 1 atom stereocenters. The summed E-state index contributed by atoms with van der Waals surface area (Å²) in [6.45, 7) is 2.07. The Morgan fingerprint density at radius 3 is 3.00 bits per heavy atom. The molecule has 1 saturated carbocycles. The van der Waals surface area contributed by atoms with Crippen LogP contribution in [0.25, 0.3) is 0 Å². The largest absolute Gasteiger partial charge is 0.482 e. The van der Waals surface area contributed by atoms with Crippen molar-refractivity contribution in [3.8, 4) is 5.75 Å². The van der Waals surface area contributed by atoms with Crippen LogP contribution in [0.3, 0.4) is 0 Å². The Hall–Kier alpha value is -1.26. The molecule has 114 valence electrons.